The second-order valence-electron chi connectivity index (χ2n) is 5.87. The zero-order valence-corrected chi connectivity index (χ0v) is 12.7. The highest BCUT2D eigenvalue weighted by atomic mass is 19.1. The topological polar surface area (TPSA) is 44.4 Å². The minimum absolute atomic E-state index is 0.206. The number of rotatable bonds is 5. The fraction of sp³-hybridized carbons (Fsp3) is 0.562. The number of para-hydroxylation sites is 1. The van der Waals surface area contributed by atoms with E-state index < -0.39 is 5.82 Å². The standard InChI is InChI=1S/C16H24FN3O/c1-12(2)15(20-9-5-6-10-20)11-18-16(21)19-14-8-4-3-7-13(14)17/h3-4,7-8,12,15H,5-6,9-11H2,1-2H3,(H2,18,19,21)/t15-/m1/s1. The molecule has 0 radical (unpaired) electrons. The van der Waals surface area contributed by atoms with E-state index in [1.807, 2.05) is 0 Å². The number of hydrogen-bond acceptors (Lipinski definition) is 2. The van der Waals surface area contributed by atoms with E-state index in [-0.39, 0.29) is 11.7 Å². The lowest BCUT2D eigenvalue weighted by molar-refractivity contribution is 0.186. The second kappa shape index (κ2) is 7.41. The van der Waals surface area contributed by atoms with E-state index in [0.717, 1.165) is 13.1 Å². The molecule has 1 aliphatic rings. The Morgan fingerprint density at radius 2 is 1.95 bits per heavy atom. The highest BCUT2D eigenvalue weighted by Gasteiger charge is 2.24. The first-order chi connectivity index (χ1) is 10.1. The number of nitrogens with zero attached hydrogens (tertiary/aromatic N) is 1. The van der Waals surface area contributed by atoms with Crippen molar-refractivity contribution in [2.75, 3.05) is 25.0 Å². The van der Waals surface area contributed by atoms with Gasteiger partial charge in [-0.15, -0.1) is 0 Å². The van der Waals surface area contributed by atoms with E-state index in [1.54, 1.807) is 18.2 Å². The number of urea groups is 1. The molecule has 5 heteroatoms. The molecule has 1 heterocycles. The lowest BCUT2D eigenvalue weighted by Gasteiger charge is -2.31. The molecule has 2 N–H and O–H groups in total. The van der Waals surface area contributed by atoms with Gasteiger partial charge < -0.3 is 10.6 Å². The van der Waals surface area contributed by atoms with Crippen LogP contribution in [0, 0.1) is 11.7 Å². The molecule has 1 saturated heterocycles. The Labute approximate surface area is 125 Å². The van der Waals surface area contributed by atoms with Crippen LogP contribution in [0.1, 0.15) is 26.7 Å². The van der Waals surface area contributed by atoms with Crippen molar-refractivity contribution in [3.05, 3.63) is 30.1 Å². The number of carbonyl (C=O) groups excluding carboxylic acids is 1. The number of hydrogen-bond donors (Lipinski definition) is 2. The van der Waals surface area contributed by atoms with Crippen LogP contribution in [0.25, 0.3) is 0 Å². The molecule has 4 nitrogen and oxygen atoms in total. The first-order valence-electron chi connectivity index (χ1n) is 7.61. The van der Waals surface area contributed by atoms with Crippen LogP contribution in [0.2, 0.25) is 0 Å². The average Bonchev–Trinajstić information content (AvgIpc) is 2.95. The van der Waals surface area contributed by atoms with Crippen molar-refractivity contribution >= 4 is 11.7 Å². The Bertz CT molecular complexity index is 472. The maximum atomic E-state index is 13.5. The zero-order chi connectivity index (χ0) is 15.2. The largest absolute Gasteiger partial charge is 0.336 e. The summed E-state index contributed by atoms with van der Waals surface area (Å²) in [5.41, 5.74) is 0.206. The van der Waals surface area contributed by atoms with Crippen molar-refractivity contribution in [1.82, 2.24) is 10.2 Å². The van der Waals surface area contributed by atoms with E-state index in [1.165, 1.54) is 18.9 Å². The summed E-state index contributed by atoms with van der Waals surface area (Å²) >= 11 is 0. The van der Waals surface area contributed by atoms with E-state index in [9.17, 15) is 9.18 Å². The van der Waals surface area contributed by atoms with Gasteiger partial charge in [0, 0.05) is 12.6 Å². The molecule has 1 aliphatic heterocycles. The van der Waals surface area contributed by atoms with Crippen molar-refractivity contribution < 1.29 is 9.18 Å². The summed E-state index contributed by atoms with van der Waals surface area (Å²) in [7, 11) is 0. The SMILES string of the molecule is CC(C)[C@@H](CNC(=O)Nc1ccccc1F)N1CCCC1. The summed E-state index contributed by atoms with van der Waals surface area (Å²) in [5, 5.41) is 5.41. The number of amides is 2. The number of anilines is 1. The maximum absolute atomic E-state index is 13.5. The summed E-state index contributed by atoms with van der Waals surface area (Å²) in [6.45, 7) is 7.11. The molecule has 0 spiro atoms. The van der Waals surface area contributed by atoms with Gasteiger partial charge in [-0.1, -0.05) is 26.0 Å². The van der Waals surface area contributed by atoms with Gasteiger partial charge in [0.1, 0.15) is 5.82 Å². The van der Waals surface area contributed by atoms with Crippen molar-refractivity contribution in [3.8, 4) is 0 Å². The van der Waals surface area contributed by atoms with Gasteiger partial charge >= 0.3 is 6.03 Å². The Hall–Kier alpha value is -1.62. The molecule has 2 amide bonds. The highest BCUT2D eigenvalue weighted by Crippen LogP contribution is 2.17. The van der Waals surface area contributed by atoms with E-state index in [0.29, 0.717) is 18.5 Å². The van der Waals surface area contributed by atoms with Crippen LogP contribution in [-0.2, 0) is 0 Å². The minimum Gasteiger partial charge on any atom is -0.336 e. The predicted molar refractivity (Wildman–Crippen MR) is 82.9 cm³/mol. The summed E-state index contributed by atoms with van der Waals surface area (Å²) < 4.78 is 13.5. The number of halogens is 1. The molecule has 1 aromatic carbocycles. The second-order valence-corrected chi connectivity index (χ2v) is 5.87. The van der Waals surface area contributed by atoms with Crippen LogP contribution >= 0.6 is 0 Å². The predicted octanol–water partition coefficient (Wildman–Crippen LogP) is 3.07. The minimum atomic E-state index is -0.424. The van der Waals surface area contributed by atoms with Gasteiger partial charge in [-0.3, -0.25) is 4.90 Å². The molecule has 116 valence electrons. The Balaban J connectivity index is 1.85. The Kier molecular flexibility index (Phi) is 5.56. The van der Waals surface area contributed by atoms with Gasteiger partial charge in [-0.25, -0.2) is 9.18 Å². The smallest absolute Gasteiger partial charge is 0.319 e. The van der Waals surface area contributed by atoms with Gasteiger partial charge in [0.25, 0.3) is 0 Å². The first-order valence-corrected chi connectivity index (χ1v) is 7.61. The fourth-order valence-electron chi connectivity index (χ4n) is 2.79. The average molecular weight is 293 g/mol. The molecule has 1 atom stereocenters. The fourth-order valence-corrected chi connectivity index (χ4v) is 2.79. The summed E-state index contributed by atoms with van der Waals surface area (Å²) in [6, 6.07) is 6.15. The summed E-state index contributed by atoms with van der Waals surface area (Å²) in [5.74, 6) is 0.0458. The van der Waals surface area contributed by atoms with Crippen LogP contribution in [0.5, 0.6) is 0 Å². The van der Waals surface area contributed by atoms with Gasteiger partial charge in [0.15, 0.2) is 0 Å². The van der Waals surface area contributed by atoms with E-state index in [4.69, 9.17) is 0 Å². The highest BCUT2D eigenvalue weighted by molar-refractivity contribution is 5.89. The van der Waals surface area contributed by atoms with Gasteiger partial charge in [0.05, 0.1) is 5.69 Å². The summed E-state index contributed by atoms with van der Waals surface area (Å²) in [6.07, 6.45) is 2.45. The molecule has 0 aromatic heterocycles. The molecule has 0 unspecified atom stereocenters. The van der Waals surface area contributed by atoms with Crippen LogP contribution in [0.3, 0.4) is 0 Å². The number of carbonyl (C=O) groups is 1. The lowest BCUT2D eigenvalue weighted by atomic mass is 10.0. The third kappa shape index (κ3) is 4.43. The third-order valence-corrected chi connectivity index (χ3v) is 3.97. The Morgan fingerprint density at radius 3 is 2.57 bits per heavy atom. The quantitative estimate of drug-likeness (QED) is 0.876. The summed E-state index contributed by atoms with van der Waals surface area (Å²) in [4.78, 5) is 14.3. The zero-order valence-electron chi connectivity index (χ0n) is 12.7. The molecule has 0 saturated carbocycles. The van der Waals surface area contributed by atoms with Crippen molar-refractivity contribution in [3.63, 3.8) is 0 Å². The van der Waals surface area contributed by atoms with Gasteiger partial charge in [-0.2, -0.15) is 0 Å². The van der Waals surface area contributed by atoms with E-state index in [2.05, 4.69) is 29.4 Å². The molecular weight excluding hydrogens is 269 g/mol. The monoisotopic (exact) mass is 293 g/mol. The normalized spacial score (nSPS) is 17.0. The number of benzene rings is 1. The van der Waals surface area contributed by atoms with Crippen molar-refractivity contribution in [2.45, 2.75) is 32.7 Å². The van der Waals surface area contributed by atoms with E-state index >= 15 is 0 Å². The third-order valence-electron chi connectivity index (χ3n) is 3.97. The van der Waals surface area contributed by atoms with Crippen LogP contribution in [-0.4, -0.2) is 36.6 Å². The first kappa shape index (κ1) is 15.8. The van der Waals surface area contributed by atoms with Crippen LogP contribution in [0.4, 0.5) is 14.9 Å². The molecule has 0 bridgehead atoms. The molecule has 2 rings (SSSR count). The Morgan fingerprint density at radius 1 is 1.29 bits per heavy atom. The van der Waals surface area contributed by atoms with Crippen molar-refractivity contribution in [1.29, 1.82) is 0 Å². The van der Waals surface area contributed by atoms with Crippen molar-refractivity contribution in [2.24, 2.45) is 5.92 Å². The number of nitrogens with one attached hydrogen (secondary N) is 2. The van der Waals surface area contributed by atoms with Crippen LogP contribution < -0.4 is 10.6 Å². The molecule has 0 aliphatic carbocycles. The van der Waals surface area contributed by atoms with Gasteiger partial charge in [-0.05, 0) is 44.0 Å². The molecule has 1 aromatic rings. The van der Waals surface area contributed by atoms with Crippen LogP contribution in [0.15, 0.2) is 24.3 Å². The lowest BCUT2D eigenvalue weighted by Crippen LogP contribution is -2.46. The molecule has 21 heavy (non-hydrogen) atoms. The van der Waals surface area contributed by atoms with Gasteiger partial charge in [0.2, 0.25) is 0 Å². The molecule has 1 fully saturated rings. The molecular formula is C16H24FN3O. The number of likely N-dealkylation sites (tertiary alicyclic amines) is 1. The maximum Gasteiger partial charge on any atom is 0.319 e.